The molecule has 110 valence electrons. The van der Waals surface area contributed by atoms with E-state index in [0.29, 0.717) is 0 Å². The van der Waals surface area contributed by atoms with E-state index < -0.39 is 0 Å². The Kier molecular flexibility index (Phi) is 4.52. The lowest BCUT2D eigenvalue weighted by Gasteiger charge is -2.38. The van der Waals surface area contributed by atoms with Crippen molar-refractivity contribution in [1.29, 1.82) is 0 Å². The van der Waals surface area contributed by atoms with Gasteiger partial charge in [-0.2, -0.15) is 0 Å². The summed E-state index contributed by atoms with van der Waals surface area (Å²) in [5.41, 5.74) is 3.65. The van der Waals surface area contributed by atoms with Crippen molar-refractivity contribution in [3.05, 3.63) is 29.3 Å². The maximum Gasteiger partial charge on any atom is 0.127 e. The van der Waals surface area contributed by atoms with Crippen molar-refractivity contribution < 1.29 is 4.79 Å². The summed E-state index contributed by atoms with van der Waals surface area (Å²) in [6.45, 7) is 7.39. The first-order valence-electron chi connectivity index (χ1n) is 7.70. The predicted octanol–water partition coefficient (Wildman–Crippen LogP) is 4.14. The highest BCUT2D eigenvalue weighted by Crippen LogP contribution is 2.38. The molecule has 0 saturated heterocycles. The number of hydrogen-bond acceptors (Lipinski definition) is 2. The first-order valence-corrected chi connectivity index (χ1v) is 7.70. The monoisotopic (exact) mass is 273 g/mol. The van der Waals surface area contributed by atoms with Gasteiger partial charge in [0.1, 0.15) is 6.29 Å². The molecule has 0 radical (unpaired) electrons. The summed E-state index contributed by atoms with van der Waals surface area (Å²) in [5.74, 6) is 0.773. The van der Waals surface area contributed by atoms with Gasteiger partial charge in [0.2, 0.25) is 0 Å². The molecule has 2 rings (SSSR count). The van der Waals surface area contributed by atoms with Crippen LogP contribution in [0.1, 0.15) is 43.7 Å². The summed E-state index contributed by atoms with van der Waals surface area (Å²) in [6.07, 6.45) is 5.65. The Morgan fingerprint density at radius 3 is 2.25 bits per heavy atom. The molecule has 0 N–H and O–H groups in total. The molecule has 1 fully saturated rings. The SMILES string of the molecule is Cc1cc(C)cc(N(C)CC2(C=O)CCC(C)CC2)c1. The number of benzene rings is 1. The third-order valence-corrected chi connectivity index (χ3v) is 4.72. The Morgan fingerprint density at radius 2 is 1.75 bits per heavy atom. The number of aldehydes is 1. The second kappa shape index (κ2) is 5.99. The second-order valence-electron chi connectivity index (χ2n) is 6.86. The lowest BCUT2D eigenvalue weighted by atomic mass is 9.71. The minimum absolute atomic E-state index is 0.140. The average Bonchev–Trinajstić information content (AvgIpc) is 2.40. The maximum absolute atomic E-state index is 11.7. The number of nitrogens with zero attached hydrogens (tertiary/aromatic N) is 1. The van der Waals surface area contributed by atoms with E-state index in [-0.39, 0.29) is 5.41 Å². The lowest BCUT2D eigenvalue weighted by Crippen LogP contribution is -2.39. The molecule has 0 spiro atoms. The van der Waals surface area contributed by atoms with E-state index in [4.69, 9.17) is 0 Å². The van der Waals surface area contributed by atoms with Gasteiger partial charge in [-0.15, -0.1) is 0 Å². The third kappa shape index (κ3) is 3.41. The van der Waals surface area contributed by atoms with Crippen LogP contribution in [0.3, 0.4) is 0 Å². The summed E-state index contributed by atoms with van der Waals surface area (Å²) < 4.78 is 0. The van der Waals surface area contributed by atoms with Crippen molar-refractivity contribution in [2.24, 2.45) is 11.3 Å². The fourth-order valence-electron chi connectivity index (χ4n) is 3.38. The highest BCUT2D eigenvalue weighted by molar-refractivity contribution is 5.62. The van der Waals surface area contributed by atoms with Crippen LogP contribution < -0.4 is 4.90 Å². The van der Waals surface area contributed by atoms with Gasteiger partial charge in [-0.05, 0) is 68.7 Å². The van der Waals surface area contributed by atoms with E-state index in [9.17, 15) is 4.79 Å². The largest absolute Gasteiger partial charge is 0.374 e. The Balaban J connectivity index is 2.12. The summed E-state index contributed by atoms with van der Waals surface area (Å²) in [7, 11) is 2.11. The van der Waals surface area contributed by atoms with Gasteiger partial charge in [0.05, 0.1) is 0 Å². The van der Waals surface area contributed by atoms with Crippen LogP contribution in [-0.2, 0) is 4.79 Å². The van der Waals surface area contributed by atoms with Gasteiger partial charge in [0.25, 0.3) is 0 Å². The van der Waals surface area contributed by atoms with Gasteiger partial charge in [-0.1, -0.05) is 13.0 Å². The normalized spacial score (nSPS) is 26.3. The Bertz CT molecular complexity index is 452. The number of carbonyl (C=O) groups excluding carboxylic acids is 1. The molecule has 0 bridgehead atoms. The Hall–Kier alpha value is -1.31. The van der Waals surface area contributed by atoms with Crippen LogP contribution in [0, 0.1) is 25.2 Å². The first kappa shape index (κ1) is 15.1. The molecule has 0 amide bonds. The van der Waals surface area contributed by atoms with Crippen LogP contribution in [0.25, 0.3) is 0 Å². The summed E-state index contributed by atoms with van der Waals surface area (Å²) in [5, 5.41) is 0. The summed E-state index contributed by atoms with van der Waals surface area (Å²) >= 11 is 0. The van der Waals surface area contributed by atoms with E-state index in [1.54, 1.807) is 0 Å². The van der Waals surface area contributed by atoms with Crippen molar-refractivity contribution >= 4 is 12.0 Å². The van der Waals surface area contributed by atoms with Crippen molar-refractivity contribution in [1.82, 2.24) is 0 Å². The highest BCUT2D eigenvalue weighted by atomic mass is 16.1. The number of rotatable bonds is 4. The van der Waals surface area contributed by atoms with Gasteiger partial charge in [0.15, 0.2) is 0 Å². The summed E-state index contributed by atoms with van der Waals surface area (Å²) in [4.78, 5) is 13.9. The van der Waals surface area contributed by atoms with Crippen LogP contribution in [0.2, 0.25) is 0 Å². The second-order valence-corrected chi connectivity index (χ2v) is 6.86. The van der Waals surface area contributed by atoms with Crippen LogP contribution in [0.4, 0.5) is 5.69 Å². The minimum atomic E-state index is -0.140. The Morgan fingerprint density at radius 1 is 1.20 bits per heavy atom. The Labute approximate surface area is 123 Å². The van der Waals surface area contributed by atoms with Crippen LogP contribution in [0.15, 0.2) is 18.2 Å². The van der Waals surface area contributed by atoms with Crippen LogP contribution >= 0.6 is 0 Å². The third-order valence-electron chi connectivity index (χ3n) is 4.72. The molecule has 2 nitrogen and oxygen atoms in total. The highest BCUT2D eigenvalue weighted by Gasteiger charge is 2.35. The van der Waals surface area contributed by atoms with Gasteiger partial charge >= 0.3 is 0 Å². The average molecular weight is 273 g/mol. The van der Waals surface area contributed by atoms with E-state index in [2.05, 4.69) is 50.9 Å². The summed E-state index contributed by atoms with van der Waals surface area (Å²) in [6, 6.07) is 6.60. The zero-order valence-corrected chi connectivity index (χ0v) is 13.3. The van der Waals surface area contributed by atoms with Crippen molar-refractivity contribution in [3.8, 4) is 0 Å². The molecule has 1 aromatic rings. The molecule has 1 aliphatic rings. The quantitative estimate of drug-likeness (QED) is 0.769. The molecule has 1 aliphatic carbocycles. The molecule has 0 aliphatic heterocycles. The van der Waals surface area contributed by atoms with E-state index in [1.165, 1.54) is 35.9 Å². The fraction of sp³-hybridized carbons (Fsp3) is 0.611. The number of anilines is 1. The van der Waals surface area contributed by atoms with Crippen LogP contribution in [-0.4, -0.2) is 19.9 Å². The molecular weight excluding hydrogens is 246 g/mol. The minimum Gasteiger partial charge on any atom is -0.374 e. The molecule has 2 heteroatoms. The topological polar surface area (TPSA) is 20.3 Å². The van der Waals surface area contributed by atoms with Gasteiger partial charge < -0.3 is 9.69 Å². The van der Waals surface area contributed by atoms with E-state index in [0.717, 1.165) is 25.3 Å². The molecule has 1 saturated carbocycles. The lowest BCUT2D eigenvalue weighted by molar-refractivity contribution is -0.117. The standard InChI is InChI=1S/C18H27NO/c1-14-5-7-18(13-20,8-6-14)12-19(4)17-10-15(2)9-16(3)11-17/h9-11,13-14H,5-8,12H2,1-4H3. The van der Waals surface area contributed by atoms with Crippen molar-refractivity contribution in [3.63, 3.8) is 0 Å². The molecule has 0 unspecified atom stereocenters. The van der Waals surface area contributed by atoms with E-state index >= 15 is 0 Å². The number of aryl methyl sites for hydroxylation is 2. The van der Waals surface area contributed by atoms with Crippen molar-refractivity contribution in [2.45, 2.75) is 46.5 Å². The van der Waals surface area contributed by atoms with Gasteiger partial charge in [-0.3, -0.25) is 0 Å². The zero-order chi connectivity index (χ0) is 14.8. The van der Waals surface area contributed by atoms with E-state index in [1.807, 2.05) is 0 Å². The van der Waals surface area contributed by atoms with Crippen LogP contribution in [0.5, 0.6) is 0 Å². The fourth-order valence-corrected chi connectivity index (χ4v) is 3.38. The zero-order valence-electron chi connectivity index (χ0n) is 13.3. The predicted molar refractivity (Wildman–Crippen MR) is 85.3 cm³/mol. The van der Waals surface area contributed by atoms with Gasteiger partial charge in [0, 0.05) is 24.7 Å². The molecule has 0 atom stereocenters. The molecule has 1 aromatic carbocycles. The van der Waals surface area contributed by atoms with Crippen molar-refractivity contribution in [2.75, 3.05) is 18.5 Å². The smallest absolute Gasteiger partial charge is 0.127 e. The number of hydrogen-bond donors (Lipinski definition) is 0. The first-order chi connectivity index (χ1) is 9.44. The number of carbonyl (C=O) groups is 1. The molecular formula is C18H27NO. The molecule has 0 heterocycles. The molecule has 0 aromatic heterocycles. The maximum atomic E-state index is 11.7. The van der Waals surface area contributed by atoms with Gasteiger partial charge in [-0.25, -0.2) is 0 Å². The molecule has 20 heavy (non-hydrogen) atoms.